The van der Waals surface area contributed by atoms with Crippen molar-refractivity contribution in [1.82, 2.24) is 10.6 Å². The number of amides is 1. The highest BCUT2D eigenvalue weighted by molar-refractivity contribution is 7.99. The van der Waals surface area contributed by atoms with Crippen LogP contribution in [-0.2, 0) is 4.79 Å². The first-order valence-corrected chi connectivity index (χ1v) is 6.43. The van der Waals surface area contributed by atoms with Crippen LogP contribution >= 0.6 is 11.8 Å². The fraction of sp³-hybridized carbons (Fsp3) is 0.900. The van der Waals surface area contributed by atoms with Crippen LogP contribution in [0, 0.1) is 0 Å². The smallest absolute Gasteiger partial charge is 0.219 e. The number of carbonyl (C=O) groups is 1. The standard InChI is InChI=1S/C10H22N2OS/c1-9(14-3)6-8-12-7-4-5-10(13)11-2/h9,12H,4-8H2,1-3H3,(H,11,13). The minimum absolute atomic E-state index is 0.129. The zero-order chi connectivity index (χ0) is 10.8. The van der Waals surface area contributed by atoms with Crippen LogP contribution in [0.4, 0.5) is 0 Å². The Hall–Kier alpha value is -0.220. The number of thioether (sulfide) groups is 1. The Kier molecular flexibility index (Phi) is 9.19. The number of hydrogen-bond acceptors (Lipinski definition) is 3. The van der Waals surface area contributed by atoms with E-state index in [1.165, 1.54) is 6.42 Å². The highest BCUT2D eigenvalue weighted by atomic mass is 32.2. The van der Waals surface area contributed by atoms with Gasteiger partial charge >= 0.3 is 0 Å². The van der Waals surface area contributed by atoms with Gasteiger partial charge in [0, 0.05) is 18.7 Å². The van der Waals surface area contributed by atoms with Gasteiger partial charge in [-0.25, -0.2) is 0 Å². The van der Waals surface area contributed by atoms with Crippen molar-refractivity contribution in [3.63, 3.8) is 0 Å². The third-order valence-corrected chi connectivity index (χ3v) is 3.21. The highest BCUT2D eigenvalue weighted by Gasteiger charge is 1.99. The van der Waals surface area contributed by atoms with E-state index in [9.17, 15) is 4.79 Å². The summed E-state index contributed by atoms with van der Waals surface area (Å²) in [6.45, 7) is 4.22. The monoisotopic (exact) mass is 218 g/mol. The molecule has 0 saturated heterocycles. The molecular weight excluding hydrogens is 196 g/mol. The van der Waals surface area contributed by atoms with E-state index >= 15 is 0 Å². The van der Waals surface area contributed by atoms with Gasteiger partial charge in [-0.05, 0) is 32.2 Å². The molecule has 0 aromatic carbocycles. The van der Waals surface area contributed by atoms with E-state index in [0.717, 1.165) is 24.8 Å². The summed E-state index contributed by atoms with van der Waals surface area (Å²) in [5, 5.41) is 6.67. The highest BCUT2D eigenvalue weighted by Crippen LogP contribution is 2.07. The molecule has 0 aromatic rings. The van der Waals surface area contributed by atoms with Gasteiger partial charge in [0.15, 0.2) is 0 Å². The van der Waals surface area contributed by atoms with Crippen LogP contribution in [-0.4, -0.2) is 37.6 Å². The zero-order valence-corrected chi connectivity index (χ0v) is 10.2. The predicted molar refractivity (Wildman–Crippen MR) is 63.8 cm³/mol. The van der Waals surface area contributed by atoms with Gasteiger partial charge in [-0.1, -0.05) is 6.92 Å². The van der Waals surface area contributed by atoms with Crippen LogP contribution < -0.4 is 10.6 Å². The summed E-state index contributed by atoms with van der Waals surface area (Å²) in [6, 6.07) is 0. The van der Waals surface area contributed by atoms with E-state index in [1.807, 2.05) is 11.8 Å². The molecule has 3 nitrogen and oxygen atoms in total. The molecule has 0 fully saturated rings. The van der Waals surface area contributed by atoms with Crippen LogP contribution in [0.5, 0.6) is 0 Å². The van der Waals surface area contributed by atoms with Gasteiger partial charge in [0.25, 0.3) is 0 Å². The minimum Gasteiger partial charge on any atom is -0.359 e. The second-order valence-electron chi connectivity index (χ2n) is 3.36. The van der Waals surface area contributed by atoms with Crippen molar-refractivity contribution < 1.29 is 4.79 Å². The Bertz CT molecular complexity index is 153. The van der Waals surface area contributed by atoms with Gasteiger partial charge in [0.2, 0.25) is 5.91 Å². The summed E-state index contributed by atoms with van der Waals surface area (Å²) >= 11 is 1.89. The molecule has 0 aliphatic heterocycles. The number of hydrogen-bond donors (Lipinski definition) is 2. The molecule has 0 spiro atoms. The van der Waals surface area contributed by atoms with Crippen molar-refractivity contribution in [1.29, 1.82) is 0 Å². The fourth-order valence-corrected chi connectivity index (χ4v) is 1.40. The Morgan fingerprint density at radius 1 is 1.43 bits per heavy atom. The number of carbonyl (C=O) groups excluding carboxylic acids is 1. The Morgan fingerprint density at radius 2 is 2.14 bits per heavy atom. The predicted octanol–water partition coefficient (Wildman–Crippen LogP) is 1.24. The lowest BCUT2D eigenvalue weighted by Gasteiger charge is -2.08. The summed E-state index contributed by atoms with van der Waals surface area (Å²) in [7, 11) is 1.68. The summed E-state index contributed by atoms with van der Waals surface area (Å²) in [4.78, 5) is 10.9. The van der Waals surface area contributed by atoms with Crippen molar-refractivity contribution in [2.24, 2.45) is 0 Å². The Morgan fingerprint density at radius 3 is 2.71 bits per heavy atom. The Labute approximate surface area is 91.4 Å². The second kappa shape index (κ2) is 9.34. The van der Waals surface area contributed by atoms with E-state index in [1.54, 1.807) is 7.05 Å². The molecule has 1 amide bonds. The lowest BCUT2D eigenvalue weighted by Crippen LogP contribution is -2.22. The summed E-state index contributed by atoms with van der Waals surface area (Å²) in [5.74, 6) is 0.129. The molecule has 0 heterocycles. The third-order valence-electron chi connectivity index (χ3n) is 2.17. The molecule has 4 heteroatoms. The van der Waals surface area contributed by atoms with E-state index in [2.05, 4.69) is 23.8 Å². The van der Waals surface area contributed by atoms with Crippen molar-refractivity contribution >= 4 is 17.7 Å². The number of rotatable bonds is 8. The lowest BCUT2D eigenvalue weighted by atomic mass is 10.3. The quantitative estimate of drug-likeness (QED) is 0.602. The third kappa shape index (κ3) is 8.38. The first-order valence-electron chi connectivity index (χ1n) is 5.14. The summed E-state index contributed by atoms with van der Waals surface area (Å²) < 4.78 is 0. The zero-order valence-electron chi connectivity index (χ0n) is 9.43. The molecule has 1 unspecified atom stereocenters. The van der Waals surface area contributed by atoms with Crippen molar-refractivity contribution in [3.8, 4) is 0 Å². The van der Waals surface area contributed by atoms with Crippen molar-refractivity contribution in [2.45, 2.75) is 31.4 Å². The first-order chi connectivity index (χ1) is 6.70. The van der Waals surface area contributed by atoms with E-state index in [0.29, 0.717) is 6.42 Å². The van der Waals surface area contributed by atoms with Gasteiger partial charge in [-0.2, -0.15) is 11.8 Å². The average Bonchev–Trinajstić information content (AvgIpc) is 2.22. The molecule has 2 N–H and O–H groups in total. The Balaban J connectivity index is 3.10. The molecule has 0 radical (unpaired) electrons. The van der Waals surface area contributed by atoms with Crippen molar-refractivity contribution in [2.75, 3.05) is 26.4 Å². The fourth-order valence-electron chi connectivity index (χ4n) is 1.05. The lowest BCUT2D eigenvalue weighted by molar-refractivity contribution is -0.120. The van der Waals surface area contributed by atoms with Gasteiger partial charge < -0.3 is 10.6 Å². The normalized spacial score (nSPS) is 12.5. The van der Waals surface area contributed by atoms with Crippen LogP contribution in [0.3, 0.4) is 0 Å². The van der Waals surface area contributed by atoms with Gasteiger partial charge in [0.1, 0.15) is 0 Å². The largest absolute Gasteiger partial charge is 0.359 e. The van der Waals surface area contributed by atoms with Gasteiger partial charge in [0.05, 0.1) is 0 Å². The summed E-state index contributed by atoms with van der Waals surface area (Å²) in [6.07, 6.45) is 4.88. The molecular formula is C10H22N2OS. The van der Waals surface area contributed by atoms with Crippen LogP contribution in [0.15, 0.2) is 0 Å². The van der Waals surface area contributed by atoms with Crippen LogP contribution in [0.1, 0.15) is 26.2 Å². The second-order valence-corrected chi connectivity index (χ2v) is 4.64. The van der Waals surface area contributed by atoms with E-state index in [-0.39, 0.29) is 5.91 Å². The molecule has 0 bridgehead atoms. The maximum atomic E-state index is 10.9. The molecule has 1 atom stereocenters. The SMILES string of the molecule is CNC(=O)CCCNCCC(C)SC. The van der Waals surface area contributed by atoms with Crippen LogP contribution in [0.25, 0.3) is 0 Å². The first kappa shape index (κ1) is 13.8. The van der Waals surface area contributed by atoms with E-state index < -0.39 is 0 Å². The molecule has 84 valence electrons. The number of nitrogens with one attached hydrogen (secondary N) is 2. The maximum absolute atomic E-state index is 10.9. The van der Waals surface area contributed by atoms with E-state index in [4.69, 9.17) is 0 Å². The average molecular weight is 218 g/mol. The maximum Gasteiger partial charge on any atom is 0.219 e. The van der Waals surface area contributed by atoms with Crippen molar-refractivity contribution in [3.05, 3.63) is 0 Å². The molecule has 0 saturated carbocycles. The molecule has 0 rings (SSSR count). The molecule has 0 aliphatic rings. The minimum atomic E-state index is 0.129. The van der Waals surface area contributed by atoms with Gasteiger partial charge in [-0.3, -0.25) is 4.79 Å². The summed E-state index contributed by atoms with van der Waals surface area (Å²) in [5.41, 5.74) is 0. The molecule has 14 heavy (non-hydrogen) atoms. The molecule has 0 aliphatic carbocycles. The van der Waals surface area contributed by atoms with Gasteiger partial charge in [-0.15, -0.1) is 0 Å². The van der Waals surface area contributed by atoms with Crippen LogP contribution in [0.2, 0.25) is 0 Å². The molecule has 0 aromatic heterocycles. The topological polar surface area (TPSA) is 41.1 Å².